The Morgan fingerprint density at radius 1 is 1.50 bits per heavy atom. The Hall–Kier alpha value is -2.50. The molecule has 6 heteroatoms. The maximum absolute atomic E-state index is 10.6. The van der Waals surface area contributed by atoms with E-state index < -0.39 is 5.97 Å². The monoisotopic (exact) mass is 248 g/mol. The van der Waals surface area contributed by atoms with Crippen molar-refractivity contribution in [3.05, 3.63) is 35.7 Å². The summed E-state index contributed by atoms with van der Waals surface area (Å²) in [4.78, 5) is 14.4. The van der Waals surface area contributed by atoms with Crippen LogP contribution in [0.2, 0.25) is 0 Å². The molecule has 1 heterocycles. The van der Waals surface area contributed by atoms with Gasteiger partial charge in [-0.3, -0.25) is 0 Å². The number of nitrogens with zero attached hydrogens (tertiary/aromatic N) is 1. The number of aryl methyl sites for hydroxylation is 1. The maximum Gasteiger partial charge on any atom is 0.357 e. The van der Waals surface area contributed by atoms with E-state index in [2.05, 4.69) is 10.3 Å². The van der Waals surface area contributed by atoms with Gasteiger partial charge in [-0.25, -0.2) is 4.79 Å². The number of carboxylic acids is 1. The molecule has 1 aromatic carbocycles. The number of aromatic nitrogens is 1. The van der Waals surface area contributed by atoms with Crippen LogP contribution >= 0.6 is 0 Å². The van der Waals surface area contributed by atoms with E-state index in [9.17, 15) is 4.79 Å². The van der Waals surface area contributed by atoms with Crippen molar-refractivity contribution in [3.63, 3.8) is 0 Å². The smallest absolute Gasteiger partial charge is 0.357 e. The lowest BCUT2D eigenvalue weighted by Gasteiger charge is -2.07. The molecule has 0 aliphatic carbocycles. The van der Waals surface area contributed by atoms with E-state index in [-0.39, 0.29) is 11.7 Å². The fourth-order valence-corrected chi connectivity index (χ4v) is 1.51. The highest BCUT2D eigenvalue weighted by Crippen LogP contribution is 2.23. The summed E-state index contributed by atoms with van der Waals surface area (Å²) in [6.07, 6.45) is 1.08. The summed E-state index contributed by atoms with van der Waals surface area (Å²) in [6.45, 7) is 1.91. The number of aromatic carboxylic acids is 1. The molecule has 0 fully saturated rings. The summed E-state index contributed by atoms with van der Waals surface area (Å²) in [5.74, 6) is -0.350. The standard InChI is InChI=1S/C12H12N2O4/c1-7-5-8(3-4-10(7)17-2)13-12-14-9(6-18-12)11(15)16/h3-6H,1-2H3,(H,13,14)(H,15,16). The SMILES string of the molecule is COc1ccc(Nc2nc(C(=O)O)co2)cc1C. The third kappa shape index (κ3) is 2.42. The summed E-state index contributed by atoms with van der Waals surface area (Å²) in [6, 6.07) is 5.58. The normalized spacial score (nSPS) is 10.1. The quantitative estimate of drug-likeness (QED) is 0.864. The van der Waals surface area contributed by atoms with Crippen molar-refractivity contribution in [2.75, 3.05) is 12.4 Å². The first kappa shape index (κ1) is 12.0. The fraction of sp³-hybridized carbons (Fsp3) is 0.167. The largest absolute Gasteiger partial charge is 0.496 e. The van der Waals surface area contributed by atoms with Gasteiger partial charge in [-0.05, 0) is 30.7 Å². The molecule has 0 radical (unpaired) electrons. The second kappa shape index (κ2) is 4.79. The molecule has 2 aromatic rings. The van der Waals surface area contributed by atoms with Crippen molar-refractivity contribution < 1.29 is 19.1 Å². The Morgan fingerprint density at radius 3 is 2.83 bits per heavy atom. The van der Waals surface area contributed by atoms with Crippen LogP contribution in [0.25, 0.3) is 0 Å². The Labute approximate surface area is 103 Å². The molecule has 94 valence electrons. The van der Waals surface area contributed by atoms with Crippen LogP contribution in [0.3, 0.4) is 0 Å². The second-order valence-corrected chi connectivity index (χ2v) is 3.65. The summed E-state index contributed by atoms with van der Waals surface area (Å²) >= 11 is 0. The minimum Gasteiger partial charge on any atom is -0.496 e. The molecule has 0 aliphatic rings. The van der Waals surface area contributed by atoms with E-state index in [0.29, 0.717) is 0 Å². The zero-order valence-corrected chi connectivity index (χ0v) is 9.93. The lowest BCUT2D eigenvalue weighted by atomic mass is 10.2. The van der Waals surface area contributed by atoms with Gasteiger partial charge in [0.2, 0.25) is 0 Å². The number of hydrogen-bond acceptors (Lipinski definition) is 5. The van der Waals surface area contributed by atoms with E-state index >= 15 is 0 Å². The minimum atomic E-state index is -1.13. The Morgan fingerprint density at radius 2 is 2.28 bits per heavy atom. The number of oxazole rings is 1. The van der Waals surface area contributed by atoms with Gasteiger partial charge in [0.1, 0.15) is 12.0 Å². The summed E-state index contributed by atoms with van der Waals surface area (Å²) < 4.78 is 10.1. The Bertz CT molecular complexity index is 577. The highest BCUT2D eigenvalue weighted by Gasteiger charge is 2.10. The summed E-state index contributed by atoms with van der Waals surface area (Å²) in [5, 5.41) is 11.6. The molecule has 0 aliphatic heterocycles. The van der Waals surface area contributed by atoms with E-state index in [4.69, 9.17) is 14.3 Å². The van der Waals surface area contributed by atoms with Gasteiger partial charge in [-0.2, -0.15) is 4.98 Å². The molecule has 6 nitrogen and oxygen atoms in total. The van der Waals surface area contributed by atoms with Gasteiger partial charge in [-0.15, -0.1) is 0 Å². The average molecular weight is 248 g/mol. The zero-order valence-electron chi connectivity index (χ0n) is 9.93. The lowest BCUT2D eigenvalue weighted by molar-refractivity contribution is 0.0690. The van der Waals surface area contributed by atoms with Crippen molar-refractivity contribution >= 4 is 17.7 Å². The number of carboxylic acid groups (broad SMARTS) is 1. The van der Waals surface area contributed by atoms with Gasteiger partial charge in [0.05, 0.1) is 7.11 Å². The number of anilines is 2. The predicted molar refractivity (Wildman–Crippen MR) is 64.5 cm³/mol. The summed E-state index contributed by atoms with van der Waals surface area (Å²) in [7, 11) is 1.60. The number of rotatable bonds is 4. The van der Waals surface area contributed by atoms with Gasteiger partial charge in [-0.1, -0.05) is 0 Å². The van der Waals surface area contributed by atoms with Crippen LogP contribution in [0.4, 0.5) is 11.7 Å². The average Bonchev–Trinajstić information content (AvgIpc) is 2.78. The number of ether oxygens (including phenoxy) is 1. The Balaban J connectivity index is 2.18. The van der Waals surface area contributed by atoms with Gasteiger partial charge < -0.3 is 19.6 Å². The Kier molecular flexibility index (Phi) is 3.18. The molecule has 2 rings (SSSR count). The number of benzene rings is 1. The van der Waals surface area contributed by atoms with Crippen LogP contribution in [-0.4, -0.2) is 23.2 Å². The number of methoxy groups -OCH3 is 1. The molecule has 0 saturated carbocycles. The van der Waals surface area contributed by atoms with E-state index in [1.807, 2.05) is 13.0 Å². The first-order valence-electron chi connectivity index (χ1n) is 5.20. The molecule has 1 aromatic heterocycles. The van der Waals surface area contributed by atoms with Gasteiger partial charge in [0, 0.05) is 5.69 Å². The lowest BCUT2D eigenvalue weighted by Crippen LogP contribution is -1.97. The first-order valence-corrected chi connectivity index (χ1v) is 5.20. The highest BCUT2D eigenvalue weighted by atomic mass is 16.5. The molecular formula is C12H12N2O4. The second-order valence-electron chi connectivity index (χ2n) is 3.65. The van der Waals surface area contributed by atoms with E-state index in [0.717, 1.165) is 23.3 Å². The van der Waals surface area contributed by atoms with Crippen molar-refractivity contribution in [1.29, 1.82) is 0 Å². The van der Waals surface area contributed by atoms with Crippen LogP contribution in [0.15, 0.2) is 28.9 Å². The zero-order chi connectivity index (χ0) is 13.1. The van der Waals surface area contributed by atoms with Crippen molar-refractivity contribution in [1.82, 2.24) is 4.98 Å². The molecule has 0 spiro atoms. The topological polar surface area (TPSA) is 84.6 Å². The number of hydrogen-bond donors (Lipinski definition) is 2. The van der Waals surface area contributed by atoms with Crippen LogP contribution in [0.5, 0.6) is 5.75 Å². The minimum absolute atomic E-state index is 0.136. The van der Waals surface area contributed by atoms with Crippen LogP contribution in [0.1, 0.15) is 16.1 Å². The van der Waals surface area contributed by atoms with E-state index in [1.165, 1.54) is 0 Å². The third-order valence-electron chi connectivity index (χ3n) is 2.37. The maximum atomic E-state index is 10.6. The third-order valence-corrected chi connectivity index (χ3v) is 2.37. The van der Waals surface area contributed by atoms with Gasteiger partial charge in [0.25, 0.3) is 6.01 Å². The van der Waals surface area contributed by atoms with Crippen molar-refractivity contribution in [2.24, 2.45) is 0 Å². The molecule has 18 heavy (non-hydrogen) atoms. The molecule has 0 atom stereocenters. The molecule has 0 unspecified atom stereocenters. The van der Waals surface area contributed by atoms with Gasteiger partial charge in [0.15, 0.2) is 5.69 Å². The van der Waals surface area contributed by atoms with E-state index in [1.54, 1.807) is 19.2 Å². The van der Waals surface area contributed by atoms with Crippen molar-refractivity contribution in [3.8, 4) is 5.75 Å². The number of nitrogens with one attached hydrogen (secondary N) is 1. The first-order chi connectivity index (χ1) is 8.60. The molecule has 2 N–H and O–H groups in total. The van der Waals surface area contributed by atoms with Crippen LogP contribution in [0, 0.1) is 6.92 Å². The van der Waals surface area contributed by atoms with Crippen LogP contribution in [-0.2, 0) is 0 Å². The van der Waals surface area contributed by atoms with Crippen molar-refractivity contribution in [2.45, 2.75) is 6.92 Å². The molecule has 0 amide bonds. The fourth-order valence-electron chi connectivity index (χ4n) is 1.51. The number of carbonyl (C=O) groups is 1. The predicted octanol–water partition coefficient (Wildman–Crippen LogP) is 2.43. The highest BCUT2D eigenvalue weighted by molar-refractivity contribution is 5.85. The van der Waals surface area contributed by atoms with Gasteiger partial charge >= 0.3 is 5.97 Å². The molecule has 0 bridgehead atoms. The van der Waals surface area contributed by atoms with Crippen LogP contribution < -0.4 is 10.1 Å². The molecule has 0 saturated heterocycles. The summed E-state index contributed by atoms with van der Waals surface area (Å²) in [5.41, 5.74) is 1.56. The molecular weight excluding hydrogens is 236 g/mol.